The molecule has 5 fully saturated rings. The van der Waals surface area contributed by atoms with Gasteiger partial charge in [0.2, 0.25) is 5.91 Å². The van der Waals surface area contributed by atoms with Crippen molar-refractivity contribution in [1.29, 1.82) is 5.26 Å². The Balaban J connectivity index is 1.43. The van der Waals surface area contributed by atoms with Crippen molar-refractivity contribution in [2.45, 2.75) is 87.8 Å². The minimum atomic E-state index is -5.11. The van der Waals surface area contributed by atoms with Crippen LogP contribution in [0.3, 0.4) is 0 Å². The van der Waals surface area contributed by atoms with Gasteiger partial charge in [0.1, 0.15) is 11.6 Å². The Bertz CT molecular complexity index is 1620. The van der Waals surface area contributed by atoms with Gasteiger partial charge in [0.05, 0.1) is 17.6 Å². The van der Waals surface area contributed by atoms with E-state index >= 15 is 4.79 Å². The molecule has 8 rings (SSSR count). The molecule has 4 saturated carbocycles. The van der Waals surface area contributed by atoms with Crippen molar-refractivity contribution in [2.24, 2.45) is 23.2 Å². The highest BCUT2D eigenvalue weighted by Gasteiger charge is 2.71. The first-order valence-corrected chi connectivity index (χ1v) is 16.9. The molecule has 0 aromatic heterocycles. The van der Waals surface area contributed by atoms with E-state index in [1.165, 1.54) is 0 Å². The van der Waals surface area contributed by atoms with Crippen LogP contribution < -0.4 is 5.32 Å². The predicted octanol–water partition coefficient (Wildman–Crippen LogP) is 7.14. The Hall–Kier alpha value is -4.16. The topological polar surface area (TPSA) is 82.4 Å². The second-order valence-corrected chi connectivity index (χ2v) is 14.7. The molecule has 1 saturated heterocycles. The molecule has 3 aromatic carbocycles. The van der Waals surface area contributed by atoms with Gasteiger partial charge in [-0.25, -0.2) is 4.79 Å². The van der Waals surface area contributed by atoms with Gasteiger partial charge in [-0.1, -0.05) is 97.9 Å². The number of rotatable bonds is 8. The molecule has 6 unspecified atom stereocenters. The molecule has 0 radical (unpaired) electrons. The zero-order chi connectivity index (χ0) is 33.9. The molecule has 0 spiro atoms. The predicted molar refractivity (Wildman–Crippen MR) is 173 cm³/mol. The quantitative estimate of drug-likeness (QED) is 0.206. The van der Waals surface area contributed by atoms with Crippen molar-refractivity contribution >= 4 is 11.9 Å². The van der Waals surface area contributed by atoms with Gasteiger partial charge >= 0.3 is 12.1 Å². The van der Waals surface area contributed by atoms with Crippen LogP contribution >= 0.6 is 0 Å². The number of nitrogens with one attached hydrogen (secondary N) is 1. The molecule has 1 N–H and O–H groups in total. The fraction of sp³-hybridized carbons (Fsp3) is 0.462. The zero-order valence-electron chi connectivity index (χ0n) is 27.1. The molecule has 9 heteroatoms. The maximum Gasteiger partial charge on any atom is 0.490 e. The first kappa shape index (κ1) is 32.4. The van der Waals surface area contributed by atoms with Crippen LogP contribution in [0, 0.1) is 34.5 Å². The maximum atomic E-state index is 15.4. The fourth-order valence-corrected chi connectivity index (χ4v) is 10.0. The number of hydrogen-bond acceptors (Lipinski definition) is 5. The number of likely N-dealkylation sites (tertiary alicyclic amines) is 1. The number of carbonyl (C=O) groups excluding carboxylic acids is 2. The smallest absolute Gasteiger partial charge is 0.452 e. The molecule has 1 heterocycles. The summed E-state index contributed by atoms with van der Waals surface area (Å²) in [4.78, 5) is 29.4. The number of halogens is 3. The Morgan fingerprint density at radius 2 is 1.42 bits per heavy atom. The number of carbonyl (C=O) groups is 2. The van der Waals surface area contributed by atoms with E-state index in [1.807, 2.05) is 105 Å². The van der Waals surface area contributed by atoms with E-state index in [4.69, 9.17) is 4.74 Å². The minimum Gasteiger partial charge on any atom is -0.452 e. The summed E-state index contributed by atoms with van der Waals surface area (Å²) in [7, 11) is 0. The van der Waals surface area contributed by atoms with Crippen LogP contribution in [0.5, 0.6) is 0 Å². The summed E-state index contributed by atoms with van der Waals surface area (Å²) in [5.41, 5.74) is -0.468. The second-order valence-electron chi connectivity index (χ2n) is 14.7. The van der Waals surface area contributed by atoms with E-state index in [9.17, 15) is 23.2 Å². The van der Waals surface area contributed by atoms with E-state index in [0.717, 1.165) is 23.1 Å². The molecule has 1 aliphatic heterocycles. The SMILES string of the molecule is CC1C[C@@H](C#N)N(C(=O)[C@@H](NC(c2ccccc2)(c2ccccc2)c2ccccc2)C23CC4CC2CC(OC(=O)C(F)(F)F)(C4)C3)C1C. The number of esters is 1. The maximum absolute atomic E-state index is 15.4. The molecule has 4 bridgehead atoms. The first-order chi connectivity index (χ1) is 22.9. The monoisotopic (exact) mass is 655 g/mol. The molecule has 5 aliphatic rings. The largest absolute Gasteiger partial charge is 0.490 e. The summed E-state index contributed by atoms with van der Waals surface area (Å²) < 4.78 is 46.2. The van der Waals surface area contributed by atoms with Gasteiger partial charge < -0.3 is 9.64 Å². The van der Waals surface area contributed by atoms with E-state index in [-0.39, 0.29) is 42.5 Å². The van der Waals surface area contributed by atoms with Crippen molar-refractivity contribution in [3.63, 3.8) is 0 Å². The molecule has 1 amide bonds. The third-order valence-corrected chi connectivity index (χ3v) is 12.0. The van der Waals surface area contributed by atoms with Crippen molar-refractivity contribution in [3.05, 3.63) is 108 Å². The van der Waals surface area contributed by atoms with Gasteiger partial charge in [0.15, 0.2) is 0 Å². The van der Waals surface area contributed by atoms with Crippen LogP contribution in [-0.2, 0) is 19.9 Å². The van der Waals surface area contributed by atoms with Crippen molar-refractivity contribution in [2.75, 3.05) is 0 Å². The first-order valence-electron chi connectivity index (χ1n) is 16.9. The molecule has 250 valence electrons. The lowest BCUT2D eigenvalue weighted by Crippen LogP contribution is -2.64. The van der Waals surface area contributed by atoms with Crippen LogP contribution in [0.25, 0.3) is 0 Å². The lowest BCUT2D eigenvalue weighted by molar-refractivity contribution is -0.218. The Kier molecular flexibility index (Phi) is 7.94. The van der Waals surface area contributed by atoms with E-state index < -0.39 is 40.8 Å². The van der Waals surface area contributed by atoms with Gasteiger partial charge in [-0.3, -0.25) is 10.1 Å². The number of nitrogens with zero attached hydrogens (tertiary/aromatic N) is 2. The van der Waals surface area contributed by atoms with Crippen LogP contribution in [0.4, 0.5) is 13.2 Å². The Morgan fingerprint density at radius 1 is 0.875 bits per heavy atom. The highest BCUT2D eigenvalue weighted by Crippen LogP contribution is 2.70. The third kappa shape index (κ3) is 5.11. The molecular weight excluding hydrogens is 615 g/mol. The number of hydrogen-bond donors (Lipinski definition) is 1. The summed E-state index contributed by atoms with van der Waals surface area (Å²) in [5.74, 6) is -2.44. The molecule has 8 atom stereocenters. The molecule has 6 nitrogen and oxygen atoms in total. The van der Waals surface area contributed by atoms with Gasteiger partial charge in [0.25, 0.3) is 0 Å². The van der Waals surface area contributed by atoms with Crippen LogP contribution in [0.15, 0.2) is 91.0 Å². The summed E-state index contributed by atoms with van der Waals surface area (Å²) in [6.07, 6.45) is -2.42. The number of amides is 1. The third-order valence-electron chi connectivity index (χ3n) is 12.0. The van der Waals surface area contributed by atoms with Crippen molar-refractivity contribution < 1.29 is 27.5 Å². The number of nitriles is 1. The summed E-state index contributed by atoms with van der Waals surface area (Å²) >= 11 is 0. The molecular formula is C39H40F3N3O3. The molecule has 4 aliphatic carbocycles. The standard InChI is InChI=1S/C39H40F3N3O3/c1-25-18-32(23-43)45(26(25)2)34(46)33(37-21-27-19-31(37)22-36(20-27,24-37)48-35(47)39(40,41)42)44-38(28-12-6-3-7-13-28,29-14-8-4-9-15-29)30-16-10-5-11-17-30/h3-17,25-27,31-33,44H,18-22,24H2,1-2H3/t25?,26?,27?,31?,32-,33+,36?,37?/m0/s1. The average molecular weight is 656 g/mol. The minimum absolute atomic E-state index is 0.0110. The summed E-state index contributed by atoms with van der Waals surface area (Å²) in [6.45, 7) is 4.01. The van der Waals surface area contributed by atoms with E-state index in [1.54, 1.807) is 4.90 Å². The van der Waals surface area contributed by atoms with Gasteiger partial charge in [-0.2, -0.15) is 18.4 Å². The highest BCUT2D eigenvalue weighted by molar-refractivity contribution is 5.85. The van der Waals surface area contributed by atoms with Crippen LogP contribution in [0.2, 0.25) is 0 Å². The van der Waals surface area contributed by atoms with Gasteiger partial charge in [-0.15, -0.1) is 0 Å². The zero-order valence-corrected chi connectivity index (χ0v) is 27.1. The van der Waals surface area contributed by atoms with Gasteiger partial charge in [-0.05, 0) is 79.9 Å². The number of benzene rings is 3. The highest BCUT2D eigenvalue weighted by atomic mass is 19.4. The van der Waals surface area contributed by atoms with Crippen LogP contribution in [0.1, 0.15) is 69.1 Å². The fourth-order valence-electron chi connectivity index (χ4n) is 10.0. The lowest BCUT2D eigenvalue weighted by atomic mass is 9.67. The summed E-state index contributed by atoms with van der Waals surface area (Å²) in [5, 5.41) is 14.2. The second kappa shape index (κ2) is 11.8. The number of ether oxygens (including phenoxy) is 1. The van der Waals surface area contributed by atoms with Crippen LogP contribution in [-0.4, -0.2) is 46.7 Å². The van der Waals surface area contributed by atoms with E-state index in [0.29, 0.717) is 19.3 Å². The van der Waals surface area contributed by atoms with Crippen molar-refractivity contribution in [1.82, 2.24) is 10.2 Å². The number of alkyl halides is 3. The lowest BCUT2D eigenvalue weighted by Gasteiger charge is -2.49. The molecule has 48 heavy (non-hydrogen) atoms. The Morgan fingerprint density at radius 3 is 1.92 bits per heavy atom. The molecule has 3 aromatic rings. The van der Waals surface area contributed by atoms with E-state index in [2.05, 4.69) is 11.4 Å². The Labute approximate surface area is 279 Å². The van der Waals surface area contributed by atoms with Crippen molar-refractivity contribution in [3.8, 4) is 6.07 Å². The summed E-state index contributed by atoms with van der Waals surface area (Å²) in [6, 6.07) is 30.3. The van der Waals surface area contributed by atoms with Gasteiger partial charge in [0, 0.05) is 11.5 Å². The normalized spacial score (nSPS) is 31.4. The average Bonchev–Trinajstić information content (AvgIpc) is 3.60.